The molecule has 0 unspecified atom stereocenters. The molecule has 2 aromatic carbocycles. The summed E-state index contributed by atoms with van der Waals surface area (Å²) in [5.74, 6) is 0.767. The predicted molar refractivity (Wildman–Crippen MR) is 80.8 cm³/mol. The van der Waals surface area contributed by atoms with Crippen LogP contribution in [0.1, 0.15) is 5.56 Å². The first-order valence-corrected chi connectivity index (χ1v) is 6.86. The zero-order chi connectivity index (χ0) is 13.8. The Labute approximate surface area is 120 Å². The number of fused-ring (bicyclic) bond motifs is 4. The number of hydrogen-bond acceptors (Lipinski definition) is 3. The van der Waals surface area contributed by atoms with Crippen molar-refractivity contribution in [3.8, 4) is 5.75 Å². The minimum Gasteiger partial charge on any atom is -0.323 e. The van der Waals surface area contributed by atoms with Gasteiger partial charge in [-0.15, -0.1) is 0 Å². The molecule has 0 bridgehead atoms. The third-order valence-electron chi connectivity index (χ3n) is 4.03. The van der Waals surface area contributed by atoms with Gasteiger partial charge in [0.25, 0.3) is 0 Å². The van der Waals surface area contributed by atoms with Crippen molar-refractivity contribution in [1.29, 1.82) is 0 Å². The highest BCUT2D eigenvalue weighted by Gasteiger charge is 2.16. The molecule has 100 valence electrons. The zero-order valence-electron chi connectivity index (χ0n) is 11.1. The Kier molecular flexibility index (Phi) is 1.95. The van der Waals surface area contributed by atoms with Crippen molar-refractivity contribution in [3.63, 3.8) is 0 Å². The Morgan fingerprint density at radius 3 is 2.81 bits per heavy atom. The molecule has 0 aromatic heterocycles. The Bertz CT molecular complexity index is 1050. The summed E-state index contributed by atoms with van der Waals surface area (Å²) in [5, 5.41) is 4.59. The molecule has 3 nitrogen and oxygen atoms in total. The topological polar surface area (TPSA) is 21.7 Å². The number of benzene rings is 2. The molecule has 3 aliphatic heterocycles. The normalized spacial score (nSPS) is 16.2. The molecule has 0 fully saturated rings. The second-order valence-corrected chi connectivity index (χ2v) is 5.29. The van der Waals surface area contributed by atoms with E-state index in [1.165, 1.54) is 16.0 Å². The van der Waals surface area contributed by atoms with Crippen molar-refractivity contribution in [3.05, 3.63) is 69.0 Å². The third kappa shape index (κ3) is 1.48. The fourth-order valence-corrected chi connectivity index (χ4v) is 2.97. The maximum Gasteiger partial charge on any atom is 0.189 e. The average Bonchev–Trinajstić information content (AvgIpc) is 2.98. The third-order valence-corrected chi connectivity index (χ3v) is 4.03. The van der Waals surface area contributed by atoms with E-state index in [1.807, 2.05) is 6.07 Å². The fraction of sp³-hybridized carbons (Fsp3) is 0. The molecule has 0 saturated carbocycles. The highest BCUT2D eigenvalue weighted by molar-refractivity contribution is 5.84. The summed E-state index contributed by atoms with van der Waals surface area (Å²) in [6.07, 6.45) is 10.2. The molecule has 0 atom stereocenters. The van der Waals surface area contributed by atoms with E-state index in [1.54, 1.807) is 6.26 Å². The molecular formula is C18H11NO2. The van der Waals surface area contributed by atoms with E-state index in [0.717, 1.165) is 21.9 Å². The molecular weight excluding hydrogens is 262 g/mol. The van der Waals surface area contributed by atoms with Crippen LogP contribution in [0.3, 0.4) is 0 Å². The van der Waals surface area contributed by atoms with E-state index in [0.29, 0.717) is 0 Å². The van der Waals surface area contributed by atoms with Crippen molar-refractivity contribution in [2.24, 2.45) is 0 Å². The molecule has 0 radical (unpaired) electrons. The van der Waals surface area contributed by atoms with Gasteiger partial charge in [0.15, 0.2) is 12.0 Å². The molecule has 3 heteroatoms. The largest absolute Gasteiger partial charge is 0.323 e. The van der Waals surface area contributed by atoms with E-state index < -0.39 is 0 Å². The van der Waals surface area contributed by atoms with Gasteiger partial charge >= 0.3 is 0 Å². The van der Waals surface area contributed by atoms with E-state index in [2.05, 4.69) is 59.8 Å². The van der Waals surface area contributed by atoms with Crippen LogP contribution in [-0.2, 0) is 4.89 Å². The lowest BCUT2D eigenvalue weighted by Gasteiger charge is -2.24. The minimum atomic E-state index is 0.767. The van der Waals surface area contributed by atoms with Gasteiger partial charge in [0.2, 0.25) is 0 Å². The van der Waals surface area contributed by atoms with E-state index in [-0.39, 0.29) is 0 Å². The van der Waals surface area contributed by atoms with Crippen molar-refractivity contribution < 1.29 is 9.78 Å². The summed E-state index contributed by atoms with van der Waals surface area (Å²) in [5.41, 5.74) is 2.33. The van der Waals surface area contributed by atoms with Gasteiger partial charge in [-0.05, 0) is 40.3 Å². The Morgan fingerprint density at radius 2 is 1.86 bits per heavy atom. The van der Waals surface area contributed by atoms with Crippen LogP contribution < -0.4 is 25.8 Å². The van der Waals surface area contributed by atoms with Crippen LogP contribution in [0, 0.1) is 0 Å². The van der Waals surface area contributed by atoms with E-state index >= 15 is 0 Å². The Balaban J connectivity index is 1.91. The fourth-order valence-electron chi connectivity index (χ4n) is 2.97. The van der Waals surface area contributed by atoms with Crippen LogP contribution in [-0.4, -0.2) is 4.90 Å². The maximum absolute atomic E-state index is 5.18. The van der Waals surface area contributed by atoms with Crippen molar-refractivity contribution >= 4 is 30.3 Å². The van der Waals surface area contributed by atoms with Gasteiger partial charge in [0.05, 0.1) is 10.9 Å². The summed E-state index contributed by atoms with van der Waals surface area (Å²) < 4.78 is 0. The number of rotatable bonds is 0. The molecule has 3 aliphatic rings. The van der Waals surface area contributed by atoms with Gasteiger partial charge in [0.1, 0.15) is 0 Å². The van der Waals surface area contributed by atoms with Gasteiger partial charge in [-0.3, -0.25) is 9.78 Å². The molecule has 0 spiro atoms. The Morgan fingerprint density at radius 1 is 0.952 bits per heavy atom. The monoisotopic (exact) mass is 273 g/mol. The average molecular weight is 273 g/mol. The van der Waals surface area contributed by atoms with Crippen LogP contribution in [0.2, 0.25) is 0 Å². The van der Waals surface area contributed by atoms with Gasteiger partial charge in [-0.2, -0.15) is 0 Å². The molecule has 5 rings (SSSR count). The van der Waals surface area contributed by atoms with Crippen molar-refractivity contribution in [2.45, 2.75) is 0 Å². The van der Waals surface area contributed by atoms with Gasteiger partial charge < -0.3 is 4.90 Å². The molecule has 0 saturated heterocycles. The first kappa shape index (κ1) is 10.8. The molecule has 3 heterocycles. The lowest BCUT2D eigenvalue weighted by Crippen LogP contribution is -2.35. The molecule has 0 N–H and O–H groups in total. The number of nitrogens with zero attached hydrogens (tertiary/aromatic N) is 1. The van der Waals surface area contributed by atoms with Gasteiger partial charge in [0, 0.05) is 17.6 Å². The van der Waals surface area contributed by atoms with Crippen molar-refractivity contribution in [1.82, 2.24) is 4.90 Å². The quantitative estimate of drug-likeness (QED) is 0.648. The molecule has 2 aromatic rings. The second kappa shape index (κ2) is 3.79. The second-order valence-electron chi connectivity index (χ2n) is 5.29. The highest BCUT2D eigenvalue weighted by Crippen LogP contribution is 2.18. The van der Waals surface area contributed by atoms with Gasteiger partial charge in [-0.25, -0.2) is 0 Å². The summed E-state index contributed by atoms with van der Waals surface area (Å²) in [4.78, 5) is 12.3. The molecule has 0 aliphatic carbocycles. The first-order chi connectivity index (χ1) is 10.4. The summed E-state index contributed by atoms with van der Waals surface area (Å²) in [7, 11) is 0. The lowest BCUT2D eigenvalue weighted by atomic mass is 10.0. The maximum atomic E-state index is 5.18. The van der Waals surface area contributed by atoms with Crippen LogP contribution in [0.15, 0.2) is 42.6 Å². The summed E-state index contributed by atoms with van der Waals surface area (Å²) in [6, 6.07) is 12.5. The minimum absolute atomic E-state index is 0.767. The SMILES string of the molecule is C1=CN2C=c3ccccc3=CC2=c2cc3c(cc21)=COO3. The summed E-state index contributed by atoms with van der Waals surface area (Å²) >= 11 is 0. The first-order valence-electron chi connectivity index (χ1n) is 6.86. The highest BCUT2D eigenvalue weighted by atomic mass is 17.2. The van der Waals surface area contributed by atoms with Crippen LogP contribution in [0.4, 0.5) is 0 Å². The van der Waals surface area contributed by atoms with E-state index in [9.17, 15) is 0 Å². The van der Waals surface area contributed by atoms with Crippen LogP contribution in [0.5, 0.6) is 5.75 Å². The standard InChI is InChI=1S/C18H11NO2/c1-2-4-14-10-19-6-5-13-7-15-11-20-21-18(15)9-16(13)17(19)8-12(14)3-1/h1-11H. The van der Waals surface area contributed by atoms with E-state index in [4.69, 9.17) is 9.78 Å². The van der Waals surface area contributed by atoms with Crippen LogP contribution >= 0.6 is 0 Å². The lowest BCUT2D eigenvalue weighted by molar-refractivity contribution is -0.113. The molecule has 0 amide bonds. The smallest absolute Gasteiger partial charge is 0.189 e. The Hall–Kier alpha value is -2.94. The molecule has 21 heavy (non-hydrogen) atoms. The zero-order valence-corrected chi connectivity index (χ0v) is 11.1. The van der Waals surface area contributed by atoms with Crippen LogP contribution in [0.25, 0.3) is 30.3 Å². The summed E-state index contributed by atoms with van der Waals surface area (Å²) in [6.45, 7) is 0. The predicted octanol–water partition coefficient (Wildman–Crippen LogP) is 0.375. The van der Waals surface area contributed by atoms with Crippen molar-refractivity contribution in [2.75, 3.05) is 0 Å². The number of hydrogen-bond donors (Lipinski definition) is 0. The van der Waals surface area contributed by atoms with Gasteiger partial charge in [-0.1, -0.05) is 24.3 Å².